The molecule has 21 heavy (non-hydrogen) atoms. The molecule has 0 fully saturated rings. The Labute approximate surface area is 121 Å². The first kappa shape index (κ1) is 13.8. The number of para-hydroxylation sites is 1. The maximum absolute atomic E-state index is 14.1. The van der Waals surface area contributed by atoms with Crippen molar-refractivity contribution in [3.05, 3.63) is 71.5 Å². The molecule has 0 spiro atoms. The summed E-state index contributed by atoms with van der Waals surface area (Å²) < 4.78 is 33.3. The number of benzene rings is 2. The van der Waals surface area contributed by atoms with Gasteiger partial charge in [0.15, 0.2) is 11.6 Å². The van der Waals surface area contributed by atoms with Crippen LogP contribution in [0.15, 0.2) is 52.9 Å². The van der Waals surface area contributed by atoms with Gasteiger partial charge in [-0.3, -0.25) is 0 Å². The third-order valence-corrected chi connectivity index (χ3v) is 3.43. The van der Waals surface area contributed by atoms with Crippen LogP contribution in [0, 0.1) is 11.6 Å². The van der Waals surface area contributed by atoms with Crippen LogP contribution >= 0.6 is 0 Å². The average molecular weight is 287 g/mol. The van der Waals surface area contributed by atoms with E-state index in [2.05, 4.69) is 5.32 Å². The Bertz CT molecular complexity index is 733. The summed E-state index contributed by atoms with van der Waals surface area (Å²) in [5.74, 6) is -1.13. The monoisotopic (exact) mass is 287 g/mol. The van der Waals surface area contributed by atoms with Gasteiger partial charge in [-0.25, -0.2) is 8.78 Å². The molecule has 1 atom stereocenters. The van der Waals surface area contributed by atoms with Crippen molar-refractivity contribution in [1.82, 2.24) is 5.32 Å². The predicted molar refractivity (Wildman–Crippen MR) is 78.1 cm³/mol. The average Bonchev–Trinajstić information content (AvgIpc) is 2.91. The molecule has 0 aliphatic rings. The molecule has 4 heteroatoms. The maximum atomic E-state index is 14.1. The van der Waals surface area contributed by atoms with Gasteiger partial charge in [0.05, 0.1) is 6.04 Å². The van der Waals surface area contributed by atoms with Crippen molar-refractivity contribution in [2.75, 3.05) is 6.54 Å². The van der Waals surface area contributed by atoms with Gasteiger partial charge < -0.3 is 9.73 Å². The highest BCUT2D eigenvalue weighted by atomic mass is 19.2. The van der Waals surface area contributed by atoms with E-state index in [0.717, 1.165) is 17.0 Å². The second kappa shape index (κ2) is 5.66. The number of furan rings is 1. The second-order valence-corrected chi connectivity index (χ2v) is 4.82. The number of nitrogens with one attached hydrogen (secondary N) is 1. The Morgan fingerprint density at radius 1 is 1.10 bits per heavy atom. The normalized spacial score (nSPS) is 12.7. The molecular weight excluding hydrogens is 272 g/mol. The standard InChI is InChI=1S/C17H15F2NO/c1-2-20-17(12-7-5-8-13(18)16(12)19)15-10-11-6-3-4-9-14(11)21-15/h3-10,17,20H,2H2,1H3. The smallest absolute Gasteiger partial charge is 0.164 e. The highest BCUT2D eigenvalue weighted by Crippen LogP contribution is 2.30. The highest BCUT2D eigenvalue weighted by Gasteiger charge is 2.22. The number of hydrogen-bond acceptors (Lipinski definition) is 2. The summed E-state index contributed by atoms with van der Waals surface area (Å²) in [5, 5.41) is 4.08. The van der Waals surface area contributed by atoms with Crippen LogP contribution in [0.1, 0.15) is 24.3 Å². The van der Waals surface area contributed by atoms with Crippen molar-refractivity contribution in [2.24, 2.45) is 0 Å². The fourth-order valence-corrected chi connectivity index (χ4v) is 2.46. The van der Waals surface area contributed by atoms with E-state index < -0.39 is 17.7 Å². The van der Waals surface area contributed by atoms with Gasteiger partial charge >= 0.3 is 0 Å². The molecule has 0 saturated carbocycles. The zero-order valence-corrected chi connectivity index (χ0v) is 11.6. The van der Waals surface area contributed by atoms with E-state index in [4.69, 9.17) is 4.42 Å². The van der Waals surface area contributed by atoms with Crippen LogP contribution in [0.2, 0.25) is 0 Å². The molecule has 0 amide bonds. The summed E-state index contributed by atoms with van der Waals surface area (Å²) in [4.78, 5) is 0. The van der Waals surface area contributed by atoms with Gasteiger partial charge in [0.1, 0.15) is 11.3 Å². The van der Waals surface area contributed by atoms with Crippen molar-refractivity contribution in [1.29, 1.82) is 0 Å². The van der Waals surface area contributed by atoms with Gasteiger partial charge in [0.2, 0.25) is 0 Å². The Morgan fingerprint density at radius 3 is 2.67 bits per heavy atom. The first-order valence-electron chi connectivity index (χ1n) is 6.86. The summed E-state index contributed by atoms with van der Waals surface area (Å²) in [7, 11) is 0. The first-order valence-corrected chi connectivity index (χ1v) is 6.86. The van der Waals surface area contributed by atoms with Crippen LogP contribution in [0.25, 0.3) is 11.0 Å². The number of rotatable bonds is 4. The van der Waals surface area contributed by atoms with Gasteiger partial charge in [0.25, 0.3) is 0 Å². The van der Waals surface area contributed by atoms with Crippen molar-refractivity contribution in [3.63, 3.8) is 0 Å². The number of halogens is 2. The van der Waals surface area contributed by atoms with E-state index >= 15 is 0 Å². The van der Waals surface area contributed by atoms with Crippen LogP contribution in [0.3, 0.4) is 0 Å². The lowest BCUT2D eigenvalue weighted by atomic mass is 10.0. The van der Waals surface area contributed by atoms with E-state index in [-0.39, 0.29) is 5.56 Å². The molecule has 1 unspecified atom stereocenters. The highest BCUT2D eigenvalue weighted by molar-refractivity contribution is 5.78. The first-order chi connectivity index (χ1) is 10.2. The van der Waals surface area contributed by atoms with E-state index in [1.807, 2.05) is 37.3 Å². The van der Waals surface area contributed by atoms with Gasteiger partial charge in [-0.05, 0) is 24.7 Å². The van der Waals surface area contributed by atoms with E-state index in [1.165, 1.54) is 6.07 Å². The Kier molecular flexibility index (Phi) is 3.71. The molecule has 1 aromatic heterocycles. The molecule has 0 saturated heterocycles. The van der Waals surface area contributed by atoms with E-state index in [1.54, 1.807) is 6.07 Å². The number of fused-ring (bicyclic) bond motifs is 1. The van der Waals surface area contributed by atoms with Crippen molar-refractivity contribution in [2.45, 2.75) is 13.0 Å². The summed E-state index contributed by atoms with van der Waals surface area (Å²) in [6, 6.07) is 13.1. The lowest BCUT2D eigenvalue weighted by Gasteiger charge is -2.16. The minimum absolute atomic E-state index is 0.246. The van der Waals surface area contributed by atoms with Crippen LogP contribution in [0.5, 0.6) is 0 Å². The minimum atomic E-state index is -0.855. The van der Waals surface area contributed by atoms with Gasteiger partial charge in [-0.15, -0.1) is 0 Å². The van der Waals surface area contributed by atoms with Crippen LogP contribution in [-0.4, -0.2) is 6.54 Å². The molecule has 1 N–H and O–H groups in total. The van der Waals surface area contributed by atoms with E-state index in [0.29, 0.717) is 12.3 Å². The molecule has 2 nitrogen and oxygen atoms in total. The maximum Gasteiger partial charge on any atom is 0.164 e. The van der Waals surface area contributed by atoms with Crippen molar-refractivity contribution >= 4 is 11.0 Å². The van der Waals surface area contributed by atoms with Gasteiger partial charge in [0, 0.05) is 10.9 Å². The Hall–Kier alpha value is -2.20. The molecule has 3 rings (SSSR count). The summed E-state index contributed by atoms with van der Waals surface area (Å²) in [6.45, 7) is 2.52. The second-order valence-electron chi connectivity index (χ2n) is 4.82. The van der Waals surface area contributed by atoms with Crippen molar-refractivity contribution in [3.8, 4) is 0 Å². The van der Waals surface area contributed by atoms with Crippen LogP contribution in [-0.2, 0) is 0 Å². The molecule has 108 valence electrons. The third-order valence-electron chi connectivity index (χ3n) is 3.43. The molecule has 1 heterocycles. The molecule has 3 aromatic rings. The van der Waals surface area contributed by atoms with Gasteiger partial charge in [-0.1, -0.05) is 37.3 Å². The topological polar surface area (TPSA) is 25.2 Å². The lowest BCUT2D eigenvalue weighted by Crippen LogP contribution is -2.22. The largest absolute Gasteiger partial charge is 0.459 e. The minimum Gasteiger partial charge on any atom is -0.459 e. The molecule has 0 aliphatic carbocycles. The number of hydrogen-bond donors (Lipinski definition) is 1. The summed E-state index contributed by atoms with van der Waals surface area (Å²) in [5.41, 5.74) is 0.975. The zero-order chi connectivity index (χ0) is 14.8. The van der Waals surface area contributed by atoms with Gasteiger partial charge in [-0.2, -0.15) is 0 Å². The molecule has 2 aromatic carbocycles. The third kappa shape index (κ3) is 2.54. The fourth-order valence-electron chi connectivity index (χ4n) is 2.46. The van der Waals surface area contributed by atoms with Crippen LogP contribution in [0.4, 0.5) is 8.78 Å². The zero-order valence-electron chi connectivity index (χ0n) is 11.6. The fraction of sp³-hybridized carbons (Fsp3) is 0.176. The predicted octanol–water partition coefficient (Wildman–Crippen LogP) is 4.41. The Balaban J connectivity index is 2.10. The van der Waals surface area contributed by atoms with Crippen LogP contribution < -0.4 is 5.32 Å². The lowest BCUT2D eigenvalue weighted by molar-refractivity contribution is 0.444. The quantitative estimate of drug-likeness (QED) is 0.769. The molecule has 0 radical (unpaired) electrons. The molecule has 0 aliphatic heterocycles. The SMILES string of the molecule is CCNC(c1cc2ccccc2o1)c1cccc(F)c1F. The van der Waals surface area contributed by atoms with E-state index in [9.17, 15) is 8.78 Å². The molecular formula is C17H15F2NO. The summed E-state index contributed by atoms with van der Waals surface area (Å²) >= 11 is 0. The van der Waals surface area contributed by atoms with Crippen molar-refractivity contribution < 1.29 is 13.2 Å². The molecule has 0 bridgehead atoms. The summed E-state index contributed by atoms with van der Waals surface area (Å²) in [6.07, 6.45) is 0. The Morgan fingerprint density at radius 2 is 1.90 bits per heavy atom.